The average molecular weight is 335 g/mol. The normalized spacial score (nSPS) is 22.0. The predicted molar refractivity (Wildman–Crippen MR) is 102 cm³/mol. The predicted octanol–water partition coefficient (Wildman–Crippen LogP) is 2.85. The van der Waals surface area contributed by atoms with E-state index in [0.29, 0.717) is 6.54 Å². The van der Waals surface area contributed by atoms with Crippen molar-refractivity contribution in [1.82, 2.24) is 5.32 Å². The smallest absolute Gasteiger partial charge is 0.198 e. The molecule has 2 aromatic carbocycles. The molecule has 1 heterocycles. The molecule has 4 heteroatoms. The van der Waals surface area contributed by atoms with Crippen LogP contribution in [0.3, 0.4) is 0 Å². The minimum absolute atomic E-state index is 0.394. The van der Waals surface area contributed by atoms with Gasteiger partial charge in [0.25, 0.3) is 0 Å². The van der Waals surface area contributed by atoms with Crippen molar-refractivity contribution in [3.8, 4) is 0 Å². The van der Waals surface area contributed by atoms with Crippen LogP contribution >= 0.6 is 0 Å². The number of benzene rings is 2. The van der Waals surface area contributed by atoms with E-state index >= 15 is 0 Å². The number of hydrogen-bond donors (Lipinski definition) is 2. The van der Waals surface area contributed by atoms with Crippen LogP contribution in [0.15, 0.2) is 53.5 Å². The lowest BCUT2D eigenvalue weighted by molar-refractivity contribution is 0.0486. The summed E-state index contributed by atoms with van der Waals surface area (Å²) in [6.07, 6.45) is 2.70. The fourth-order valence-electron chi connectivity index (χ4n) is 3.99. The molecule has 25 heavy (non-hydrogen) atoms. The molecular formula is C21H25N3O. The van der Waals surface area contributed by atoms with Crippen molar-refractivity contribution in [2.75, 3.05) is 24.5 Å². The number of hydrogen-bond acceptors (Lipinski definition) is 2. The number of aryl methyl sites for hydroxylation is 1. The molecule has 1 atom stereocenters. The second-order valence-electron chi connectivity index (χ2n) is 6.89. The fourth-order valence-corrected chi connectivity index (χ4v) is 3.99. The standard InChI is InChI=1S/C21H25N3O/c1-2-22-20(24-14-12-17-8-4-6-10-19(17)24)23-15-21(25)13-11-16-7-3-5-9-18(16)21/h3-10,25H,2,11-15H2,1H3,(H,22,23). The Morgan fingerprint density at radius 3 is 2.72 bits per heavy atom. The van der Waals surface area contributed by atoms with E-state index < -0.39 is 5.60 Å². The molecule has 0 aromatic heterocycles. The van der Waals surface area contributed by atoms with Gasteiger partial charge in [0.1, 0.15) is 5.60 Å². The summed E-state index contributed by atoms with van der Waals surface area (Å²) in [6, 6.07) is 16.7. The maximum absolute atomic E-state index is 11.1. The van der Waals surface area contributed by atoms with Gasteiger partial charge >= 0.3 is 0 Å². The lowest BCUT2D eigenvalue weighted by Gasteiger charge is -2.26. The van der Waals surface area contributed by atoms with Gasteiger partial charge in [-0.3, -0.25) is 0 Å². The molecule has 130 valence electrons. The van der Waals surface area contributed by atoms with E-state index in [1.807, 2.05) is 18.2 Å². The summed E-state index contributed by atoms with van der Waals surface area (Å²) in [4.78, 5) is 7.07. The third-order valence-corrected chi connectivity index (χ3v) is 5.29. The number of fused-ring (bicyclic) bond motifs is 2. The van der Waals surface area contributed by atoms with E-state index in [9.17, 15) is 5.11 Å². The number of nitrogens with zero attached hydrogens (tertiary/aromatic N) is 2. The van der Waals surface area contributed by atoms with Gasteiger partial charge in [0, 0.05) is 18.8 Å². The van der Waals surface area contributed by atoms with E-state index in [0.717, 1.165) is 43.9 Å². The Kier molecular flexibility index (Phi) is 4.22. The molecule has 1 aliphatic heterocycles. The molecule has 0 saturated carbocycles. The first-order chi connectivity index (χ1) is 12.2. The molecule has 4 rings (SSSR count). The SMILES string of the molecule is CCNC(=NCC1(O)CCc2ccccc21)N1CCc2ccccc21. The quantitative estimate of drug-likeness (QED) is 0.670. The minimum Gasteiger partial charge on any atom is -0.383 e. The summed E-state index contributed by atoms with van der Waals surface area (Å²) in [5.41, 5.74) is 4.02. The van der Waals surface area contributed by atoms with Crippen LogP contribution < -0.4 is 10.2 Å². The lowest BCUT2D eigenvalue weighted by atomic mass is 9.96. The van der Waals surface area contributed by atoms with Crippen molar-refractivity contribution in [1.29, 1.82) is 0 Å². The molecular weight excluding hydrogens is 310 g/mol. The van der Waals surface area contributed by atoms with Crippen LogP contribution in [0.25, 0.3) is 0 Å². The zero-order valence-electron chi connectivity index (χ0n) is 14.7. The molecule has 0 spiro atoms. The van der Waals surface area contributed by atoms with Crippen LogP contribution in [-0.2, 0) is 18.4 Å². The molecule has 1 aliphatic carbocycles. The highest BCUT2D eigenvalue weighted by Gasteiger charge is 2.36. The van der Waals surface area contributed by atoms with Crippen LogP contribution in [0.4, 0.5) is 5.69 Å². The van der Waals surface area contributed by atoms with Crippen molar-refractivity contribution >= 4 is 11.6 Å². The Morgan fingerprint density at radius 2 is 1.88 bits per heavy atom. The van der Waals surface area contributed by atoms with E-state index in [1.165, 1.54) is 16.8 Å². The maximum Gasteiger partial charge on any atom is 0.198 e. The molecule has 1 unspecified atom stereocenters. The van der Waals surface area contributed by atoms with E-state index in [1.54, 1.807) is 0 Å². The van der Waals surface area contributed by atoms with Gasteiger partial charge in [0.05, 0.1) is 6.54 Å². The highest BCUT2D eigenvalue weighted by molar-refractivity contribution is 5.98. The summed E-state index contributed by atoms with van der Waals surface area (Å²) in [7, 11) is 0. The molecule has 0 saturated heterocycles. The highest BCUT2D eigenvalue weighted by Crippen LogP contribution is 2.37. The van der Waals surface area contributed by atoms with Gasteiger partial charge in [-0.05, 0) is 48.9 Å². The Bertz CT molecular complexity index is 801. The lowest BCUT2D eigenvalue weighted by Crippen LogP contribution is -2.41. The molecule has 0 radical (unpaired) electrons. The Balaban J connectivity index is 1.60. The number of aliphatic hydroxyl groups is 1. The molecule has 0 amide bonds. The maximum atomic E-state index is 11.1. The first-order valence-electron chi connectivity index (χ1n) is 9.16. The minimum atomic E-state index is -0.851. The highest BCUT2D eigenvalue weighted by atomic mass is 16.3. The Morgan fingerprint density at radius 1 is 1.12 bits per heavy atom. The van der Waals surface area contributed by atoms with Crippen LogP contribution in [0.5, 0.6) is 0 Å². The fraction of sp³-hybridized carbons (Fsp3) is 0.381. The van der Waals surface area contributed by atoms with Gasteiger partial charge < -0.3 is 15.3 Å². The van der Waals surface area contributed by atoms with Crippen molar-refractivity contribution in [3.63, 3.8) is 0 Å². The number of para-hydroxylation sites is 1. The zero-order chi connectivity index (χ0) is 17.3. The zero-order valence-corrected chi connectivity index (χ0v) is 14.7. The van der Waals surface area contributed by atoms with Crippen molar-refractivity contribution < 1.29 is 5.11 Å². The van der Waals surface area contributed by atoms with E-state index in [2.05, 4.69) is 47.5 Å². The molecule has 4 nitrogen and oxygen atoms in total. The number of rotatable bonds is 3. The second-order valence-corrected chi connectivity index (χ2v) is 6.89. The Hall–Kier alpha value is -2.33. The molecule has 2 N–H and O–H groups in total. The van der Waals surface area contributed by atoms with Crippen LogP contribution in [-0.4, -0.2) is 30.7 Å². The third-order valence-electron chi connectivity index (χ3n) is 5.29. The molecule has 2 aliphatic rings. The first-order valence-corrected chi connectivity index (χ1v) is 9.16. The summed E-state index contributed by atoms with van der Waals surface area (Å²) >= 11 is 0. The van der Waals surface area contributed by atoms with Gasteiger partial charge in [-0.25, -0.2) is 4.99 Å². The molecule has 0 bridgehead atoms. The molecule has 2 aromatic rings. The van der Waals surface area contributed by atoms with Crippen molar-refractivity contribution in [2.45, 2.75) is 31.8 Å². The van der Waals surface area contributed by atoms with Gasteiger partial charge in [-0.15, -0.1) is 0 Å². The summed E-state index contributed by atoms with van der Waals surface area (Å²) in [5.74, 6) is 0.866. The van der Waals surface area contributed by atoms with Crippen LogP contribution in [0.1, 0.15) is 30.0 Å². The largest absolute Gasteiger partial charge is 0.383 e. The van der Waals surface area contributed by atoms with Crippen LogP contribution in [0, 0.1) is 0 Å². The van der Waals surface area contributed by atoms with Crippen molar-refractivity contribution in [2.24, 2.45) is 4.99 Å². The van der Waals surface area contributed by atoms with Crippen LogP contribution in [0.2, 0.25) is 0 Å². The van der Waals surface area contributed by atoms with E-state index in [-0.39, 0.29) is 0 Å². The first kappa shape index (κ1) is 16.2. The Labute approximate surface area is 149 Å². The van der Waals surface area contributed by atoms with Gasteiger partial charge in [0.15, 0.2) is 5.96 Å². The van der Waals surface area contributed by atoms with Gasteiger partial charge in [-0.1, -0.05) is 42.5 Å². The third kappa shape index (κ3) is 2.91. The monoisotopic (exact) mass is 335 g/mol. The average Bonchev–Trinajstić information content (AvgIpc) is 3.21. The van der Waals surface area contributed by atoms with Crippen molar-refractivity contribution in [3.05, 3.63) is 65.2 Å². The second kappa shape index (κ2) is 6.52. The van der Waals surface area contributed by atoms with Gasteiger partial charge in [0.2, 0.25) is 0 Å². The topological polar surface area (TPSA) is 47.9 Å². The van der Waals surface area contributed by atoms with Gasteiger partial charge in [-0.2, -0.15) is 0 Å². The number of aliphatic imine (C=N–C) groups is 1. The molecule has 0 fully saturated rings. The summed E-state index contributed by atoms with van der Waals surface area (Å²) < 4.78 is 0. The number of anilines is 1. The number of nitrogens with one attached hydrogen (secondary N) is 1. The van der Waals surface area contributed by atoms with E-state index in [4.69, 9.17) is 4.99 Å². The number of guanidine groups is 1. The summed E-state index contributed by atoms with van der Waals surface area (Å²) in [6.45, 7) is 4.22. The summed E-state index contributed by atoms with van der Waals surface area (Å²) in [5, 5.41) is 14.5.